The van der Waals surface area contributed by atoms with E-state index in [-0.39, 0.29) is 36.3 Å². The van der Waals surface area contributed by atoms with Crippen LogP contribution in [-0.4, -0.2) is 46.3 Å². The lowest BCUT2D eigenvalue weighted by Gasteiger charge is -2.13. The number of aryl methyl sites for hydroxylation is 1. The normalized spacial score (nSPS) is 13.0. The van der Waals surface area contributed by atoms with Crippen molar-refractivity contribution in [3.05, 3.63) is 41.3 Å². The lowest BCUT2D eigenvalue weighted by molar-refractivity contribution is 0.100. The van der Waals surface area contributed by atoms with Crippen molar-refractivity contribution in [3.8, 4) is 0 Å². The van der Waals surface area contributed by atoms with Gasteiger partial charge in [0, 0.05) is 23.9 Å². The Morgan fingerprint density at radius 1 is 1.30 bits per heavy atom. The first-order chi connectivity index (χ1) is 15.6. The van der Waals surface area contributed by atoms with E-state index < -0.39 is 17.9 Å². The first kappa shape index (κ1) is 24.2. The third-order valence-corrected chi connectivity index (χ3v) is 5.05. The molecule has 33 heavy (non-hydrogen) atoms. The predicted octanol–water partition coefficient (Wildman–Crippen LogP) is 4.45. The highest BCUT2D eigenvalue weighted by atomic mass is 19.1. The van der Waals surface area contributed by atoms with Crippen LogP contribution in [0.25, 0.3) is 10.9 Å². The van der Waals surface area contributed by atoms with Crippen LogP contribution in [0, 0.1) is 18.7 Å². The molecule has 2 heterocycles. The number of aliphatic imine (C=N–C) groups is 1. The monoisotopic (exact) mass is 458 g/mol. The summed E-state index contributed by atoms with van der Waals surface area (Å²) in [6.45, 7) is 7.48. The van der Waals surface area contributed by atoms with Gasteiger partial charge in [-0.2, -0.15) is 5.10 Å². The van der Waals surface area contributed by atoms with Gasteiger partial charge in [0.2, 0.25) is 0 Å². The number of halogens is 2. The van der Waals surface area contributed by atoms with Crippen LogP contribution in [-0.2, 0) is 11.3 Å². The average molecular weight is 459 g/mol. The molecule has 3 aromatic rings. The van der Waals surface area contributed by atoms with E-state index in [1.165, 1.54) is 14.0 Å². The molecule has 176 valence electrons. The Hall–Kier alpha value is -3.40. The van der Waals surface area contributed by atoms with Crippen LogP contribution in [0.15, 0.2) is 29.3 Å². The third-order valence-electron chi connectivity index (χ3n) is 5.05. The smallest absolute Gasteiger partial charge is 0.252 e. The van der Waals surface area contributed by atoms with Gasteiger partial charge >= 0.3 is 0 Å². The first-order valence-corrected chi connectivity index (χ1v) is 10.6. The molecule has 0 aliphatic heterocycles. The Bertz CT molecular complexity index is 1200. The Morgan fingerprint density at radius 3 is 2.64 bits per heavy atom. The molecule has 1 amide bonds. The van der Waals surface area contributed by atoms with E-state index in [9.17, 15) is 13.6 Å². The molecule has 0 aliphatic rings. The fraction of sp³-hybridized carbons (Fsp3) is 0.391. The second kappa shape index (κ2) is 10.0. The average Bonchev–Trinajstić information content (AvgIpc) is 3.03. The number of nitrogens with one attached hydrogen (secondary N) is 1. The number of alkyl halides is 1. The number of methoxy groups -OCH3 is 1. The molecule has 0 radical (unpaired) electrons. The van der Waals surface area contributed by atoms with Crippen LogP contribution in [0.5, 0.6) is 0 Å². The number of hydrogen-bond acceptors (Lipinski definition) is 6. The number of amides is 1. The molecule has 0 saturated carbocycles. The number of fused-ring (bicyclic) bond motifs is 1. The number of nitrogens with two attached hydrogens (primary N) is 1. The van der Waals surface area contributed by atoms with Crippen molar-refractivity contribution >= 4 is 39.8 Å². The number of rotatable bonds is 9. The van der Waals surface area contributed by atoms with Gasteiger partial charge in [-0.15, -0.1) is 0 Å². The zero-order valence-electron chi connectivity index (χ0n) is 19.3. The molecule has 3 rings (SSSR count). The fourth-order valence-corrected chi connectivity index (χ4v) is 3.38. The van der Waals surface area contributed by atoms with Crippen LogP contribution >= 0.6 is 0 Å². The van der Waals surface area contributed by atoms with Gasteiger partial charge in [-0.1, -0.05) is 13.8 Å². The van der Waals surface area contributed by atoms with Gasteiger partial charge in [-0.3, -0.25) is 9.48 Å². The molecule has 0 saturated heterocycles. The van der Waals surface area contributed by atoms with Crippen LogP contribution < -0.4 is 11.1 Å². The summed E-state index contributed by atoms with van der Waals surface area (Å²) in [7, 11) is 1.53. The van der Waals surface area contributed by atoms with Gasteiger partial charge in [-0.25, -0.2) is 18.8 Å². The van der Waals surface area contributed by atoms with E-state index in [2.05, 4.69) is 20.4 Å². The van der Waals surface area contributed by atoms with Crippen LogP contribution in [0.1, 0.15) is 36.8 Å². The van der Waals surface area contributed by atoms with Gasteiger partial charge in [-0.05, 0) is 44.0 Å². The highest BCUT2D eigenvalue weighted by Crippen LogP contribution is 2.28. The van der Waals surface area contributed by atoms with E-state index in [4.69, 9.17) is 10.5 Å². The number of aromatic nitrogens is 3. The molecule has 1 unspecified atom stereocenters. The molecule has 3 N–H and O–H groups in total. The summed E-state index contributed by atoms with van der Waals surface area (Å²) < 4.78 is 34.9. The zero-order valence-corrected chi connectivity index (χ0v) is 19.3. The summed E-state index contributed by atoms with van der Waals surface area (Å²) in [6, 6.07) is 6.36. The highest BCUT2D eigenvalue weighted by Gasteiger charge is 2.18. The number of ether oxygens (including phenoxy) is 1. The molecule has 0 bridgehead atoms. The molecule has 0 fully saturated rings. The van der Waals surface area contributed by atoms with E-state index >= 15 is 0 Å². The van der Waals surface area contributed by atoms with Crippen molar-refractivity contribution in [2.24, 2.45) is 16.6 Å². The molecular weight excluding hydrogens is 430 g/mol. The summed E-state index contributed by atoms with van der Waals surface area (Å²) in [5.41, 5.74) is 8.03. The third kappa shape index (κ3) is 5.51. The minimum absolute atomic E-state index is 0.00679. The van der Waals surface area contributed by atoms with E-state index in [0.717, 1.165) is 22.7 Å². The minimum Gasteiger partial charge on any atom is -0.379 e. The Morgan fingerprint density at radius 2 is 2.03 bits per heavy atom. The van der Waals surface area contributed by atoms with E-state index in [1.807, 2.05) is 20.8 Å². The number of nitrogens with zero attached hydrogens (tertiary/aromatic N) is 4. The van der Waals surface area contributed by atoms with Crippen molar-refractivity contribution in [1.29, 1.82) is 0 Å². The second-order valence-electron chi connectivity index (χ2n) is 8.15. The lowest BCUT2D eigenvalue weighted by Crippen LogP contribution is -2.16. The van der Waals surface area contributed by atoms with Crippen molar-refractivity contribution in [1.82, 2.24) is 14.8 Å². The number of pyridine rings is 1. The van der Waals surface area contributed by atoms with E-state index in [0.29, 0.717) is 11.4 Å². The predicted molar refractivity (Wildman–Crippen MR) is 125 cm³/mol. The number of benzene rings is 1. The Balaban J connectivity index is 2.04. The summed E-state index contributed by atoms with van der Waals surface area (Å²) in [4.78, 5) is 20.5. The van der Waals surface area contributed by atoms with Crippen LogP contribution in [0.2, 0.25) is 0 Å². The molecule has 2 aromatic heterocycles. The van der Waals surface area contributed by atoms with E-state index in [1.54, 1.807) is 22.9 Å². The maximum Gasteiger partial charge on any atom is 0.252 e. The van der Waals surface area contributed by atoms with Gasteiger partial charge in [0.15, 0.2) is 11.6 Å². The topological polar surface area (TPSA) is 107 Å². The standard InChI is InChI=1S/C23H28F2N6O2/c1-12(2)19(11-33-5)28-23-18(25)9-17(21(26)32)22(29-23)27-15-6-7-20-16(8-15)14(4)30-31(20)10-13(3)24/h6-9,12-13H,10-11H2,1-5H3,(H2,26,32)(H,27,29). The summed E-state index contributed by atoms with van der Waals surface area (Å²) in [6.07, 6.45) is -1.04. The number of hydrogen-bond donors (Lipinski definition) is 2. The fourth-order valence-electron chi connectivity index (χ4n) is 3.38. The van der Waals surface area contributed by atoms with Crippen LogP contribution in [0.4, 0.5) is 26.1 Å². The second-order valence-corrected chi connectivity index (χ2v) is 8.15. The molecule has 10 heteroatoms. The number of carbonyl (C=O) groups excluding carboxylic acids is 1. The largest absolute Gasteiger partial charge is 0.379 e. The maximum absolute atomic E-state index is 14.7. The lowest BCUT2D eigenvalue weighted by atomic mass is 10.1. The highest BCUT2D eigenvalue weighted by molar-refractivity contribution is 5.99. The first-order valence-electron chi connectivity index (χ1n) is 10.6. The van der Waals surface area contributed by atoms with Crippen molar-refractivity contribution in [2.75, 3.05) is 19.0 Å². The molecule has 0 aliphatic carbocycles. The van der Waals surface area contributed by atoms with Crippen LogP contribution in [0.3, 0.4) is 0 Å². The number of anilines is 2. The molecule has 8 nitrogen and oxygen atoms in total. The maximum atomic E-state index is 14.7. The van der Waals surface area contributed by atoms with Gasteiger partial charge in [0.25, 0.3) is 5.91 Å². The molecular formula is C23H28F2N6O2. The molecule has 1 atom stereocenters. The zero-order chi connectivity index (χ0) is 24.3. The van der Waals surface area contributed by atoms with Crippen molar-refractivity contribution in [2.45, 2.75) is 40.4 Å². The van der Waals surface area contributed by atoms with Gasteiger partial charge in [0.05, 0.1) is 29.9 Å². The molecule has 1 aromatic carbocycles. The van der Waals surface area contributed by atoms with Crippen molar-refractivity contribution < 1.29 is 18.3 Å². The number of primary amides is 1. The quantitative estimate of drug-likeness (QED) is 0.461. The van der Waals surface area contributed by atoms with Gasteiger partial charge < -0.3 is 15.8 Å². The number of carbonyl (C=O) groups is 1. The minimum atomic E-state index is -1.04. The Labute approximate surface area is 190 Å². The summed E-state index contributed by atoms with van der Waals surface area (Å²) in [5, 5.41) is 8.24. The van der Waals surface area contributed by atoms with Gasteiger partial charge in [0.1, 0.15) is 12.0 Å². The summed E-state index contributed by atoms with van der Waals surface area (Å²) >= 11 is 0. The molecule has 0 spiro atoms. The Kier molecular flexibility index (Phi) is 7.37. The SMILES string of the molecule is COCC(=Nc1nc(Nc2ccc3c(c2)c(C)nn3CC(C)F)c(C(N)=O)cc1F)C(C)C. The summed E-state index contributed by atoms with van der Waals surface area (Å²) in [5.74, 6) is -1.69. The van der Waals surface area contributed by atoms with Crippen molar-refractivity contribution in [3.63, 3.8) is 0 Å².